The van der Waals surface area contributed by atoms with Gasteiger partial charge in [0.2, 0.25) is 0 Å². The molecule has 3 aliphatic carbocycles. The number of hydrogen-bond acceptors (Lipinski definition) is 5. The molecule has 0 N–H and O–H groups in total. The van der Waals surface area contributed by atoms with Crippen LogP contribution in [0.4, 0.5) is 17.6 Å². The molecule has 0 heterocycles. The molecular weight excluding hydrogens is 472 g/mol. The van der Waals surface area contributed by atoms with Gasteiger partial charge >= 0.3 is 21.3 Å². The minimum absolute atomic E-state index is 0.0750. The van der Waals surface area contributed by atoms with Gasteiger partial charge in [-0.25, -0.2) is 8.42 Å². The van der Waals surface area contributed by atoms with Gasteiger partial charge in [0, 0.05) is 5.92 Å². The summed E-state index contributed by atoms with van der Waals surface area (Å²) < 4.78 is 113. The summed E-state index contributed by atoms with van der Waals surface area (Å²) in [7, 11) is -9.69. The Kier molecular flexibility index (Phi) is 6.05. The first-order valence-corrected chi connectivity index (χ1v) is 13.9. The van der Waals surface area contributed by atoms with E-state index in [1.54, 1.807) is 0 Å². The van der Waals surface area contributed by atoms with E-state index >= 15 is 0 Å². The Morgan fingerprint density at radius 3 is 1.97 bits per heavy atom. The molecule has 3 aliphatic rings. The van der Waals surface area contributed by atoms with Crippen molar-refractivity contribution in [3.8, 4) is 5.75 Å². The first kappa shape index (κ1) is 23.8. The molecule has 3 saturated carbocycles. The highest BCUT2D eigenvalue weighted by atomic mass is 32.2. The van der Waals surface area contributed by atoms with Gasteiger partial charge in [0.25, 0.3) is 0 Å². The fourth-order valence-electron chi connectivity index (χ4n) is 5.50. The molecular formula is C21H26F4O5S2. The third kappa shape index (κ3) is 3.93. The van der Waals surface area contributed by atoms with Crippen LogP contribution in [0.25, 0.3) is 0 Å². The summed E-state index contributed by atoms with van der Waals surface area (Å²) in [4.78, 5) is -0.0896. The Labute approximate surface area is 185 Å². The molecule has 1 aromatic carbocycles. The van der Waals surface area contributed by atoms with Crippen LogP contribution < -0.4 is 4.18 Å². The summed E-state index contributed by atoms with van der Waals surface area (Å²) >= 11 is 0. The summed E-state index contributed by atoms with van der Waals surface area (Å²) in [6.07, 6.45) is 4.92. The molecule has 0 saturated heterocycles. The van der Waals surface area contributed by atoms with E-state index in [4.69, 9.17) is 0 Å². The molecule has 180 valence electrons. The van der Waals surface area contributed by atoms with Crippen LogP contribution >= 0.6 is 0 Å². The van der Waals surface area contributed by atoms with Crippen LogP contribution in [0, 0.1) is 17.8 Å². The summed E-state index contributed by atoms with van der Waals surface area (Å²) in [5.41, 5.74) is 0. The van der Waals surface area contributed by atoms with Crippen LogP contribution in [0.2, 0.25) is 0 Å². The van der Waals surface area contributed by atoms with Crippen LogP contribution in [-0.4, -0.2) is 33.3 Å². The van der Waals surface area contributed by atoms with Crippen molar-refractivity contribution in [3.05, 3.63) is 24.3 Å². The number of benzene rings is 1. The van der Waals surface area contributed by atoms with E-state index in [0.29, 0.717) is 32.1 Å². The number of fused-ring (bicyclic) bond motifs is 2. The smallest absolute Gasteiger partial charge is 0.378 e. The maximum absolute atomic E-state index is 14.7. The van der Waals surface area contributed by atoms with Crippen LogP contribution in [0.1, 0.15) is 57.8 Å². The van der Waals surface area contributed by atoms with Gasteiger partial charge in [0.05, 0.1) is 10.1 Å². The molecule has 11 heteroatoms. The Hall–Kier alpha value is -1.36. The normalized spacial score (nSPS) is 27.6. The third-order valence-electron chi connectivity index (χ3n) is 7.26. The van der Waals surface area contributed by atoms with Crippen LogP contribution in [0.15, 0.2) is 29.2 Å². The maximum atomic E-state index is 14.7. The molecule has 3 unspecified atom stereocenters. The largest absolute Gasteiger partial charge is 0.442 e. The van der Waals surface area contributed by atoms with Crippen molar-refractivity contribution >= 4 is 20.0 Å². The Balaban J connectivity index is 1.51. The lowest BCUT2D eigenvalue weighted by molar-refractivity contribution is -0.202. The third-order valence-corrected chi connectivity index (χ3v) is 10.8. The van der Waals surface area contributed by atoms with Gasteiger partial charge in [0.1, 0.15) is 5.75 Å². The highest BCUT2D eigenvalue weighted by Crippen LogP contribution is 2.58. The molecule has 0 aliphatic heterocycles. The molecule has 1 aromatic rings. The van der Waals surface area contributed by atoms with Crippen molar-refractivity contribution in [2.24, 2.45) is 17.8 Å². The van der Waals surface area contributed by atoms with E-state index in [-0.39, 0.29) is 17.2 Å². The van der Waals surface area contributed by atoms with Crippen molar-refractivity contribution in [2.45, 2.75) is 79.1 Å². The van der Waals surface area contributed by atoms with Crippen molar-refractivity contribution in [1.82, 2.24) is 0 Å². The van der Waals surface area contributed by atoms with Crippen molar-refractivity contribution in [3.63, 3.8) is 0 Å². The molecule has 0 spiro atoms. The van der Waals surface area contributed by atoms with Gasteiger partial charge in [-0.15, -0.1) is 0 Å². The lowest BCUT2D eigenvalue weighted by atomic mass is 9.84. The van der Waals surface area contributed by atoms with Gasteiger partial charge in [-0.3, -0.25) is 0 Å². The second-order valence-corrected chi connectivity index (χ2v) is 13.1. The zero-order valence-corrected chi connectivity index (χ0v) is 19.0. The standard InChI is InChI=1S/C21H26F4O5S2/c22-20(23,19-13-14-6-7-15(19)12-14)21(24,25)32(28,29)30-16-8-10-18(11-9-16)31(26,27)17-4-2-1-3-5-17/h8-11,14-15,17,19H,1-7,12-13H2. The molecule has 2 bridgehead atoms. The maximum Gasteiger partial charge on any atom is 0.442 e. The number of rotatable bonds is 7. The van der Waals surface area contributed by atoms with Crippen molar-refractivity contribution < 1.29 is 38.6 Å². The van der Waals surface area contributed by atoms with E-state index in [2.05, 4.69) is 4.18 Å². The van der Waals surface area contributed by atoms with Crippen LogP contribution in [-0.2, 0) is 20.0 Å². The van der Waals surface area contributed by atoms with Gasteiger partial charge in [-0.2, -0.15) is 26.0 Å². The minimum Gasteiger partial charge on any atom is -0.378 e. The lowest BCUT2D eigenvalue weighted by Gasteiger charge is -2.34. The predicted molar refractivity (Wildman–Crippen MR) is 109 cm³/mol. The average molecular weight is 499 g/mol. The summed E-state index contributed by atoms with van der Waals surface area (Å²) in [6, 6.07) is 3.92. The van der Waals surface area contributed by atoms with E-state index < -0.39 is 54.0 Å². The zero-order chi connectivity index (χ0) is 23.4. The molecule has 0 radical (unpaired) electrons. The van der Waals surface area contributed by atoms with Gasteiger partial charge in [0.15, 0.2) is 9.84 Å². The van der Waals surface area contributed by atoms with Crippen LogP contribution in [0.3, 0.4) is 0 Å². The molecule has 0 amide bonds. The topological polar surface area (TPSA) is 77.5 Å². The second kappa shape index (κ2) is 8.14. The molecule has 3 atom stereocenters. The first-order chi connectivity index (χ1) is 14.9. The average Bonchev–Trinajstić information content (AvgIpc) is 3.38. The molecule has 3 fully saturated rings. The van der Waals surface area contributed by atoms with Gasteiger partial charge < -0.3 is 4.18 Å². The van der Waals surface area contributed by atoms with Crippen molar-refractivity contribution in [1.29, 1.82) is 0 Å². The quantitative estimate of drug-likeness (QED) is 0.383. The lowest BCUT2D eigenvalue weighted by Crippen LogP contribution is -2.54. The van der Waals surface area contributed by atoms with Crippen LogP contribution in [0.5, 0.6) is 5.75 Å². The fraction of sp³-hybridized carbons (Fsp3) is 0.714. The molecule has 5 nitrogen and oxygen atoms in total. The summed E-state index contributed by atoms with van der Waals surface area (Å²) in [6.45, 7) is 0. The first-order valence-electron chi connectivity index (χ1n) is 10.9. The van der Waals surface area contributed by atoms with Crippen molar-refractivity contribution in [2.75, 3.05) is 0 Å². The Morgan fingerprint density at radius 1 is 0.812 bits per heavy atom. The summed E-state index contributed by atoms with van der Waals surface area (Å²) in [5, 5.41) is -5.97. The fourth-order valence-corrected chi connectivity index (χ4v) is 8.31. The predicted octanol–water partition coefficient (Wildman–Crippen LogP) is 5.17. The van der Waals surface area contributed by atoms with Gasteiger partial charge in [-0.05, 0) is 68.2 Å². The van der Waals surface area contributed by atoms with Gasteiger partial charge in [-0.1, -0.05) is 25.7 Å². The minimum atomic E-state index is -6.03. The van der Waals surface area contributed by atoms with E-state index in [0.717, 1.165) is 43.5 Å². The number of hydrogen-bond donors (Lipinski definition) is 0. The Bertz CT molecular complexity index is 1050. The second-order valence-electron chi connectivity index (χ2n) is 9.23. The molecule has 0 aromatic heterocycles. The number of sulfone groups is 1. The summed E-state index contributed by atoms with van der Waals surface area (Å²) in [5.74, 6) is -7.82. The molecule has 4 rings (SSSR count). The number of halogens is 4. The highest BCUT2D eigenvalue weighted by molar-refractivity contribution is 7.92. The van der Waals surface area contributed by atoms with E-state index in [1.165, 1.54) is 0 Å². The Morgan fingerprint density at radius 2 is 1.44 bits per heavy atom. The molecule has 32 heavy (non-hydrogen) atoms. The number of alkyl halides is 4. The van der Waals surface area contributed by atoms with E-state index in [1.807, 2.05) is 0 Å². The SMILES string of the molecule is O=S(=O)(c1ccc(OS(=O)(=O)C(F)(F)C(F)(F)C2CC3CCC2C3)cc1)C1CCCCC1. The zero-order valence-electron chi connectivity index (χ0n) is 17.4. The monoisotopic (exact) mass is 498 g/mol. The highest BCUT2D eigenvalue weighted by Gasteiger charge is 2.72. The van der Waals surface area contributed by atoms with E-state index in [9.17, 15) is 34.4 Å².